The Hall–Kier alpha value is -3.58. The molecular weight excluding hydrogens is 424 g/mol. The summed E-state index contributed by atoms with van der Waals surface area (Å²) in [6, 6.07) is 28.1. The van der Waals surface area contributed by atoms with Crippen LogP contribution in [-0.4, -0.2) is 5.11 Å². The monoisotopic (exact) mass is 456 g/mol. The van der Waals surface area contributed by atoms with E-state index in [4.69, 9.17) is 0 Å². The lowest BCUT2D eigenvalue weighted by Gasteiger charge is -2.23. The number of rotatable bonds is 7. The molecule has 0 saturated heterocycles. The van der Waals surface area contributed by atoms with E-state index in [1.165, 1.54) is 75.8 Å². The van der Waals surface area contributed by atoms with Crippen LogP contribution in [0.5, 0.6) is 5.75 Å². The summed E-state index contributed by atoms with van der Waals surface area (Å²) in [5.41, 5.74) is 12.8. The van der Waals surface area contributed by atoms with Gasteiger partial charge < -0.3 is 5.11 Å². The van der Waals surface area contributed by atoms with Crippen molar-refractivity contribution in [2.45, 2.75) is 51.4 Å². The molecule has 0 aromatic heterocycles. The first-order chi connectivity index (χ1) is 17.3. The Bertz CT molecular complexity index is 1420. The summed E-state index contributed by atoms with van der Waals surface area (Å²) >= 11 is 0. The fourth-order valence-electron chi connectivity index (χ4n) is 6.14. The largest absolute Gasteiger partial charge is 0.507 e. The van der Waals surface area contributed by atoms with Crippen molar-refractivity contribution in [3.05, 3.63) is 118 Å². The zero-order valence-electron chi connectivity index (χ0n) is 20.4. The minimum Gasteiger partial charge on any atom is -0.507 e. The van der Waals surface area contributed by atoms with Crippen molar-refractivity contribution in [3.63, 3.8) is 0 Å². The number of fused-ring (bicyclic) bond motifs is 4. The quantitative estimate of drug-likeness (QED) is 0.242. The lowest BCUT2D eigenvalue weighted by molar-refractivity contribution is 0.476. The zero-order chi connectivity index (χ0) is 23.8. The van der Waals surface area contributed by atoms with Gasteiger partial charge in [-0.3, -0.25) is 0 Å². The van der Waals surface area contributed by atoms with Crippen LogP contribution >= 0.6 is 0 Å². The summed E-state index contributed by atoms with van der Waals surface area (Å²) in [4.78, 5) is 0. The van der Waals surface area contributed by atoms with Crippen LogP contribution in [0.15, 0.2) is 84.9 Å². The van der Waals surface area contributed by atoms with Gasteiger partial charge in [-0.25, -0.2) is 0 Å². The van der Waals surface area contributed by atoms with Crippen LogP contribution in [0.3, 0.4) is 0 Å². The van der Waals surface area contributed by atoms with E-state index in [2.05, 4.69) is 91.9 Å². The number of allylic oxidation sites excluding steroid dienone is 1. The second-order valence-electron chi connectivity index (χ2n) is 9.97. The van der Waals surface area contributed by atoms with Crippen molar-refractivity contribution >= 4 is 6.08 Å². The molecule has 0 fully saturated rings. The molecule has 174 valence electrons. The predicted octanol–water partition coefficient (Wildman–Crippen LogP) is 8.91. The number of phenolic OH excluding ortho intramolecular Hbond substituents is 1. The minimum atomic E-state index is 0.161. The van der Waals surface area contributed by atoms with Gasteiger partial charge in [0.15, 0.2) is 0 Å². The van der Waals surface area contributed by atoms with Crippen molar-refractivity contribution < 1.29 is 5.11 Å². The SMILES string of the molecule is CCCCCCc1ccc(O)c(-c2cccc3c2Cc2ccccc2-3)c1C1C=Cc2ccccc21. The first-order valence-corrected chi connectivity index (χ1v) is 13.1. The third kappa shape index (κ3) is 3.80. The molecule has 0 heterocycles. The van der Waals surface area contributed by atoms with Gasteiger partial charge in [-0.15, -0.1) is 0 Å². The molecule has 1 unspecified atom stereocenters. The van der Waals surface area contributed by atoms with Crippen LogP contribution in [0, 0.1) is 0 Å². The fourth-order valence-corrected chi connectivity index (χ4v) is 6.14. The van der Waals surface area contributed by atoms with Gasteiger partial charge in [0.05, 0.1) is 0 Å². The highest BCUT2D eigenvalue weighted by Gasteiger charge is 2.29. The summed E-state index contributed by atoms with van der Waals surface area (Å²) in [5.74, 6) is 0.550. The van der Waals surface area contributed by atoms with Crippen LogP contribution in [0.25, 0.3) is 28.3 Å². The molecule has 1 heteroatoms. The number of hydrogen-bond donors (Lipinski definition) is 1. The minimum absolute atomic E-state index is 0.161. The fraction of sp³-hybridized carbons (Fsp3) is 0.235. The average Bonchev–Trinajstić information content (AvgIpc) is 3.49. The second-order valence-corrected chi connectivity index (χ2v) is 9.97. The Balaban J connectivity index is 1.54. The van der Waals surface area contributed by atoms with Crippen molar-refractivity contribution in [2.75, 3.05) is 0 Å². The van der Waals surface area contributed by atoms with E-state index in [1.54, 1.807) is 0 Å². The van der Waals surface area contributed by atoms with E-state index < -0.39 is 0 Å². The lowest BCUT2D eigenvalue weighted by Crippen LogP contribution is -2.06. The second kappa shape index (κ2) is 9.23. The molecule has 2 aliphatic carbocycles. The molecule has 1 N–H and O–H groups in total. The number of benzene rings is 4. The first-order valence-electron chi connectivity index (χ1n) is 13.1. The molecule has 4 aromatic carbocycles. The van der Waals surface area contributed by atoms with Gasteiger partial charge in [0.2, 0.25) is 0 Å². The summed E-state index contributed by atoms with van der Waals surface area (Å²) in [7, 11) is 0. The van der Waals surface area contributed by atoms with E-state index in [-0.39, 0.29) is 5.92 Å². The number of aryl methyl sites for hydroxylation is 1. The van der Waals surface area contributed by atoms with E-state index >= 15 is 0 Å². The lowest BCUT2D eigenvalue weighted by atomic mass is 9.80. The number of aromatic hydroxyl groups is 1. The maximum atomic E-state index is 11.4. The molecule has 4 aromatic rings. The van der Waals surface area contributed by atoms with Gasteiger partial charge in [-0.05, 0) is 75.4 Å². The van der Waals surface area contributed by atoms with Crippen LogP contribution < -0.4 is 0 Å². The molecule has 1 nitrogen and oxygen atoms in total. The van der Waals surface area contributed by atoms with Crippen molar-refractivity contribution in [1.29, 1.82) is 0 Å². The van der Waals surface area contributed by atoms with E-state index in [0.717, 1.165) is 18.4 Å². The standard InChI is InChI=1S/C34H32O/c1-2-3-4-5-12-24-19-21-32(35)34(33(24)30-20-18-23-11-6-8-14-26(23)30)29-17-10-16-28-27-15-9-7-13-25(27)22-31(28)29/h6-11,13-21,30,35H,2-5,12,22H2,1H3. The number of phenols is 1. The van der Waals surface area contributed by atoms with Gasteiger partial charge in [-0.1, -0.05) is 111 Å². The van der Waals surface area contributed by atoms with E-state index in [9.17, 15) is 5.11 Å². The van der Waals surface area contributed by atoms with Crippen LogP contribution in [-0.2, 0) is 12.8 Å². The smallest absolute Gasteiger partial charge is 0.123 e. The molecule has 0 saturated carbocycles. The van der Waals surface area contributed by atoms with Gasteiger partial charge in [0, 0.05) is 11.5 Å². The molecular formula is C34H32O. The molecule has 2 aliphatic rings. The highest BCUT2D eigenvalue weighted by Crippen LogP contribution is 2.49. The van der Waals surface area contributed by atoms with Crippen LogP contribution in [0.1, 0.15) is 71.9 Å². The number of hydrogen-bond acceptors (Lipinski definition) is 1. The maximum absolute atomic E-state index is 11.4. The average molecular weight is 457 g/mol. The van der Waals surface area contributed by atoms with Crippen LogP contribution in [0.2, 0.25) is 0 Å². The molecule has 0 radical (unpaired) electrons. The molecule has 6 rings (SSSR count). The van der Waals surface area contributed by atoms with Gasteiger partial charge in [-0.2, -0.15) is 0 Å². The van der Waals surface area contributed by atoms with E-state index in [0.29, 0.717) is 5.75 Å². The topological polar surface area (TPSA) is 20.2 Å². The first kappa shape index (κ1) is 21.9. The third-order valence-electron chi connectivity index (χ3n) is 7.84. The maximum Gasteiger partial charge on any atom is 0.123 e. The Kier molecular flexibility index (Phi) is 5.78. The third-order valence-corrected chi connectivity index (χ3v) is 7.84. The Morgan fingerprint density at radius 2 is 1.57 bits per heavy atom. The van der Waals surface area contributed by atoms with Gasteiger partial charge in [0.25, 0.3) is 0 Å². The Morgan fingerprint density at radius 1 is 0.771 bits per heavy atom. The van der Waals surface area contributed by atoms with Crippen molar-refractivity contribution in [2.24, 2.45) is 0 Å². The Morgan fingerprint density at radius 3 is 2.49 bits per heavy atom. The van der Waals surface area contributed by atoms with Crippen molar-refractivity contribution in [1.82, 2.24) is 0 Å². The van der Waals surface area contributed by atoms with Gasteiger partial charge >= 0.3 is 0 Å². The summed E-state index contributed by atoms with van der Waals surface area (Å²) in [6.07, 6.45) is 11.5. The van der Waals surface area contributed by atoms with E-state index in [1.807, 2.05) is 6.07 Å². The Labute approximate surface area is 208 Å². The van der Waals surface area contributed by atoms with Crippen LogP contribution in [0.4, 0.5) is 0 Å². The highest BCUT2D eigenvalue weighted by molar-refractivity contribution is 5.89. The molecule has 0 spiro atoms. The summed E-state index contributed by atoms with van der Waals surface area (Å²) < 4.78 is 0. The van der Waals surface area contributed by atoms with Crippen molar-refractivity contribution in [3.8, 4) is 28.0 Å². The summed E-state index contributed by atoms with van der Waals surface area (Å²) in [6.45, 7) is 2.26. The molecule has 0 bridgehead atoms. The molecule has 35 heavy (non-hydrogen) atoms. The number of unbranched alkanes of at least 4 members (excludes halogenated alkanes) is 3. The molecule has 0 amide bonds. The summed E-state index contributed by atoms with van der Waals surface area (Å²) in [5, 5.41) is 11.4. The zero-order valence-corrected chi connectivity index (χ0v) is 20.4. The molecule has 1 atom stereocenters. The highest BCUT2D eigenvalue weighted by atomic mass is 16.3. The normalized spacial score (nSPS) is 15.2. The molecule has 0 aliphatic heterocycles. The van der Waals surface area contributed by atoms with Gasteiger partial charge in [0.1, 0.15) is 5.75 Å². The predicted molar refractivity (Wildman–Crippen MR) is 147 cm³/mol.